The number of rotatable bonds is 5. The van der Waals surface area contributed by atoms with Crippen molar-refractivity contribution in [2.45, 2.75) is 62.7 Å². The van der Waals surface area contributed by atoms with Crippen LogP contribution in [-0.2, 0) is 31.5 Å². The molecule has 1 saturated heterocycles. The summed E-state index contributed by atoms with van der Waals surface area (Å²) in [5.41, 5.74) is 0.781. The number of ether oxygens (including phenoxy) is 1. The van der Waals surface area contributed by atoms with Gasteiger partial charge in [0.1, 0.15) is 10.8 Å². The number of hydrogen-bond acceptors (Lipinski definition) is 7. The van der Waals surface area contributed by atoms with Crippen molar-refractivity contribution in [3.8, 4) is 0 Å². The van der Waals surface area contributed by atoms with E-state index in [2.05, 4.69) is 13.8 Å². The van der Waals surface area contributed by atoms with Crippen LogP contribution >= 0.6 is 22.9 Å². The molecule has 1 N–H and O–H groups in total. The number of sulfone groups is 1. The minimum atomic E-state index is -3.55. The first-order chi connectivity index (χ1) is 17.5. The van der Waals surface area contributed by atoms with E-state index in [-0.39, 0.29) is 45.6 Å². The van der Waals surface area contributed by atoms with Crippen LogP contribution in [0.25, 0.3) is 0 Å². The van der Waals surface area contributed by atoms with Crippen LogP contribution in [0, 0.1) is 23.2 Å². The molecule has 1 aliphatic heterocycles. The molecule has 2 fully saturated rings. The molecular formula is C27H35ClN2O5S2. The summed E-state index contributed by atoms with van der Waals surface area (Å²) in [4.78, 5) is 21.2. The van der Waals surface area contributed by atoms with E-state index >= 15 is 0 Å². The number of carbonyl (C=O) groups excluding carboxylic acids is 1. The van der Waals surface area contributed by atoms with Crippen LogP contribution in [0.4, 0.5) is 0 Å². The number of benzene rings is 1. The van der Waals surface area contributed by atoms with Gasteiger partial charge in [-0.1, -0.05) is 32.4 Å². The second-order valence-electron chi connectivity index (χ2n) is 11.2. The van der Waals surface area contributed by atoms with Gasteiger partial charge in [0, 0.05) is 34.8 Å². The van der Waals surface area contributed by atoms with Gasteiger partial charge >= 0.3 is 0 Å². The van der Waals surface area contributed by atoms with E-state index < -0.39 is 15.9 Å². The zero-order chi connectivity index (χ0) is 26.5. The van der Waals surface area contributed by atoms with Gasteiger partial charge in [-0.15, -0.1) is 11.3 Å². The predicted molar refractivity (Wildman–Crippen MR) is 143 cm³/mol. The van der Waals surface area contributed by atoms with Gasteiger partial charge in [0.05, 0.1) is 29.9 Å². The molecule has 202 valence electrons. The first-order valence-electron chi connectivity index (χ1n) is 13.0. The van der Waals surface area contributed by atoms with Crippen LogP contribution in [0.3, 0.4) is 0 Å². The molecule has 2 heterocycles. The van der Waals surface area contributed by atoms with E-state index in [9.17, 15) is 18.3 Å². The molecule has 1 aromatic carbocycles. The van der Waals surface area contributed by atoms with Gasteiger partial charge in [-0.2, -0.15) is 0 Å². The Kier molecular flexibility index (Phi) is 7.48. The summed E-state index contributed by atoms with van der Waals surface area (Å²) in [5, 5.41) is 12.8. The van der Waals surface area contributed by atoms with E-state index in [1.165, 1.54) is 23.5 Å². The Morgan fingerprint density at radius 1 is 1.30 bits per heavy atom. The number of nitrogens with zero attached hydrogens (tertiary/aromatic N) is 2. The molecule has 2 aromatic rings. The van der Waals surface area contributed by atoms with Gasteiger partial charge < -0.3 is 14.7 Å². The Morgan fingerprint density at radius 2 is 1.97 bits per heavy atom. The molecule has 3 aliphatic rings. The van der Waals surface area contributed by atoms with E-state index in [0.717, 1.165) is 29.8 Å². The Morgan fingerprint density at radius 3 is 2.65 bits per heavy atom. The highest BCUT2D eigenvalue weighted by atomic mass is 35.5. The van der Waals surface area contributed by atoms with Crippen molar-refractivity contribution in [2.24, 2.45) is 23.2 Å². The molecule has 6 atom stereocenters. The molecule has 2 aliphatic carbocycles. The maximum atomic E-state index is 13.2. The van der Waals surface area contributed by atoms with Gasteiger partial charge in [-0.25, -0.2) is 13.4 Å². The molecule has 37 heavy (non-hydrogen) atoms. The van der Waals surface area contributed by atoms with Crippen molar-refractivity contribution in [3.05, 3.63) is 44.9 Å². The zero-order valence-electron chi connectivity index (χ0n) is 21.5. The minimum Gasteiger partial charge on any atom is -0.392 e. The van der Waals surface area contributed by atoms with Crippen molar-refractivity contribution in [2.75, 3.05) is 26.3 Å². The van der Waals surface area contributed by atoms with Gasteiger partial charge in [0.15, 0.2) is 9.84 Å². The maximum absolute atomic E-state index is 13.2. The molecule has 7 nitrogen and oxygen atoms in total. The SMILES string of the molecule is C[C@H](C(=O)N1CCOCC1)C1CC[C@@]2(C)Cc3sc(CS(=O)(=O)c4ccc(Cl)cc4)nc3[C@@H](C)[C@@H]2[C@H]1O. The van der Waals surface area contributed by atoms with E-state index in [1.807, 2.05) is 11.8 Å². The fraction of sp³-hybridized carbons (Fsp3) is 0.630. The first-order valence-corrected chi connectivity index (χ1v) is 15.9. The van der Waals surface area contributed by atoms with E-state index in [4.69, 9.17) is 21.3 Å². The third-order valence-corrected chi connectivity index (χ3v) is 12.0. The van der Waals surface area contributed by atoms with Crippen LogP contribution in [0.1, 0.15) is 55.1 Å². The number of carbonyl (C=O) groups is 1. The number of aliphatic hydroxyl groups excluding tert-OH is 1. The highest BCUT2D eigenvalue weighted by Gasteiger charge is 2.54. The number of halogens is 1. The molecule has 0 bridgehead atoms. The van der Waals surface area contributed by atoms with Crippen molar-refractivity contribution in [1.82, 2.24) is 9.88 Å². The Balaban J connectivity index is 1.36. The quantitative estimate of drug-likeness (QED) is 0.579. The lowest BCUT2D eigenvalue weighted by atomic mass is 9.53. The normalized spacial score (nSPS) is 30.9. The van der Waals surface area contributed by atoms with Crippen LogP contribution < -0.4 is 0 Å². The van der Waals surface area contributed by atoms with Crippen molar-refractivity contribution < 1.29 is 23.1 Å². The van der Waals surface area contributed by atoms with Gasteiger partial charge in [-0.05, 0) is 60.8 Å². The lowest BCUT2D eigenvalue weighted by Gasteiger charge is -2.53. The van der Waals surface area contributed by atoms with E-state index in [0.29, 0.717) is 36.3 Å². The molecule has 10 heteroatoms. The lowest BCUT2D eigenvalue weighted by Crippen LogP contribution is -2.54. The maximum Gasteiger partial charge on any atom is 0.225 e. The smallest absolute Gasteiger partial charge is 0.225 e. The van der Waals surface area contributed by atoms with Gasteiger partial charge in [0.25, 0.3) is 0 Å². The standard InChI is InChI=1S/C27H35ClN2O5S2/c1-16(26(32)30-10-12-35-13-11-30)20-8-9-27(3)14-21-24(17(2)23(27)25(20)31)29-22(36-21)15-37(33,34)19-6-4-18(28)5-7-19/h4-7,16-17,20,23,25,31H,8-15H2,1-3H3/t16-,17-,20?,23+,25-,27-/m0/s1. The summed E-state index contributed by atoms with van der Waals surface area (Å²) in [6.07, 6.45) is 1.86. The zero-order valence-corrected chi connectivity index (χ0v) is 23.9. The number of hydrogen-bond donors (Lipinski definition) is 1. The van der Waals surface area contributed by atoms with Gasteiger partial charge in [-0.3, -0.25) is 4.79 Å². The highest BCUT2D eigenvalue weighted by Crippen LogP contribution is 2.57. The lowest BCUT2D eigenvalue weighted by molar-refractivity contribution is -0.148. The molecule has 1 saturated carbocycles. The largest absolute Gasteiger partial charge is 0.392 e. The van der Waals surface area contributed by atoms with Crippen LogP contribution in [0.15, 0.2) is 29.2 Å². The van der Waals surface area contributed by atoms with Crippen LogP contribution in [-0.4, -0.2) is 61.7 Å². The highest BCUT2D eigenvalue weighted by molar-refractivity contribution is 7.90. The van der Waals surface area contributed by atoms with Crippen LogP contribution in [0.5, 0.6) is 0 Å². The Hall–Kier alpha value is -1.52. The molecular weight excluding hydrogens is 532 g/mol. The molecule has 1 aromatic heterocycles. The summed E-state index contributed by atoms with van der Waals surface area (Å²) in [7, 11) is -3.55. The minimum absolute atomic E-state index is 0.0273. The van der Waals surface area contributed by atoms with Gasteiger partial charge in [0.2, 0.25) is 5.91 Å². The van der Waals surface area contributed by atoms with Crippen molar-refractivity contribution >= 4 is 38.7 Å². The number of aromatic nitrogens is 1. The summed E-state index contributed by atoms with van der Waals surface area (Å²) in [5.74, 6) is -0.496. The fourth-order valence-corrected chi connectivity index (χ4v) is 9.90. The number of amides is 1. The third-order valence-electron chi connectivity index (χ3n) is 8.81. The Labute approximate surface area is 228 Å². The first kappa shape index (κ1) is 27.1. The summed E-state index contributed by atoms with van der Waals surface area (Å²) in [6, 6.07) is 6.22. The fourth-order valence-electron chi connectivity index (χ4n) is 6.80. The summed E-state index contributed by atoms with van der Waals surface area (Å²) in [6.45, 7) is 8.61. The number of morpholine rings is 1. The number of aliphatic hydroxyl groups is 1. The second kappa shape index (κ2) is 10.2. The predicted octanol–water partition coefficient (Wildman–Crippen LogP) is 4.32. The summed E-state index contributed by atoms with van der Waals surface area (Å²) < 4.78 is 31.4. The molecule has 0 radical (unpaired) electrons. The third kappa shape index (κ3) is 5.10. The summed E-state index contributed by atoms with van der Waals surface area (Å²) >= 11 is 7.41. The molecule has 1 amide bonds. The van der Waals surface area contributed by atoms with E-state index in [1.54, 1.807) is 12.1 Å². The average molecular weight is 567 g/mol. The molecule has 1 unspecified atom stereocenters. The van der Waals surface area contributed by atoms with Crippen LogP contribution in [0.2, 0.25) is 5.02 Å². The molecule has 0 spiro atoms. The topological polar surface area (TPSA) is 96.8 Å². The average Bonchev–Trinajstić information content (AvgIpc) is 3.25. The second-order valence-corrected chi connectivity index (χ2v) is 14.8. The number of thiazole rings is 1. The van der Waals surface area contributed by atoms with Crippen molar-refractivity contribution in [3.63, 3.8) is 0 Å². The van der Waals surface area contributed by atoms with Crippen molar-refractivity contribution in [1.29, 1.82) is 0 Å². The number of fused-ring (bicyclic) bond motifs is 2. The molecule has 5 rings (SSSR count). The Bertz CT molecular complexity index is 1260. The monoisotopic (exact) mass is 566 g/mol.